The lowest BCUT2D eigenvalue weighted by Gasteiger charge is -2.24. The van der Waals surface area contributed by atoms with Crippen molar-refractivity contribution in [1.29, 1.82) is 0 Å². The molecule has 1 N–H and O–H groups in total. The quantitative estimate of drug-likeness (QED) is 0.894. The van der Waals surface area contributed by atoms with Crippen LogP contribution < -0.4 is 0 Å². The lowest BCUT2D eigenvalue weighted by atomic mass is 9.83. The van der Waals surface area contributed by atoms with Crippen LogP contribution in [0.4, 0.5) is 0 Å². The number of aliphatic hydroxyl groups is 1. The van der Waals surface area contributed by atoms with Gasteiger partial charge in [-0.25, -0.2) is 0 Å². The van der Waals surface area contributed by atoms with E-state index in [1.807, 2.05) is 34.9 Å². The minimum absolute atomic E-state index is 0.0768. The number of hydrogen-bond donors (Lipinski definition) is 1. The molecule has 1 aromatic carbocycles. The van der Waals surface area contributed by atoms with E-state index in [1.54, 1.807) is 0 Å². The summed E-state index contributed by atoms with van der Waals surface area (Å²) >= 11 is 0. The molecule has 1 heterocycles. The third-order valence-corrected chi connectivity index (χ3v) is 3.65. The average Bonchev–Trinajstić information content (AvgIpc) is 2.77. The topological polar surface area (TPSA) is 50.9 Å². The summed E-state index contributed by atoms with van der Waals surface area (Å²) in [6, 6.07) is 10.0. The van der Waals surface area contributed by atoms with Crippen molar-refractivity contribution in [3.05, 3.63) is 42.0 Å². The van der Waals surface area contributed by atoms with E-state index in [2.05, 4.69) is 10.2 Å². The number of para-hydroxylation sites is 1. The molecule has 0 amide bonds. The van der Waals surface area contributed by atoms with E-state index in [1.165, 1.54) is 19.3 Å². The van der Waals surface area contributed by atoms with Crippen LogP contribution in [0.2, 0.25) is 0 Å². The Morgan fingerprint density at radius 3 is 2.44 bits per heavy atom. The predicted molar refractivity (Wildman–Crippen MR) is 68.3 cm³/mol. The number of aromatic nitrogens is 3. The van der Waals surface area contributed by atoms with Gasteiger partial charge in [-0.1, -0.05) is 37.5 Å². The molecule has 1 aromatic heterocycles. The first-order valence-electron chi connectivity index (χ1n) is 6.48. The maximum atomic E-state index is 9.38. The fourth-order valence-corrected chi connectivity index (χ4v) is 2.42. The monoisotopic (exact) mass is 243 g/mol. The van der Waals surface area contributed by atoms with E-state index in [0.29, 0.717) is 5.82 Å². The van der Waals surface area contributed by atoms with E-state index < -0.39 is 0 Å². The zero-order chi connectivity index (χ0) is 12.4. The van der Waals surface area contributed by atoms with Gasteiger partial charge >= 0.3 is 0 Å². The van der Waals surface area contributed by atoms with Crippen molar-refractivity contribution >= 4 is 0 Å². The fraction of sp³-hybridized carbons (Fsp3) is 0.429. The van der Waals surface area contributed by atoms with Crippen LogP contribution in [0.15, 0.2) is 30.3 Å². The molecule has 0 aliphatic heterocycles. The molecule has 0 spiro atoms. The van der Waals surface area contributed by atoms with Gasteiger partial charge in [0.05, 0.1) is 0 Å². The van der Waals surface area contributed by atoms with Crippen molar-refractivity contribution in [3.63, 3.8) is 0 Å². The second kappa shape index (κ2) is 4.90. The van der Waals surface area contributed by atoms with Crippen LogP contribution in [0, 0.1) is 5.92 Å². The molecule has 0 bridgehead atoms. The van der Waals surface area contributed by atoms with E-state index in [4.69, 9.17) is 0 Å². The van der Waals surface area contributed by atoms with Crippen LogP contribution >= 0.6 is 0 Å². The van der Waals surface area contributed by atoms with Gasteiger partial charge in [-0.3, -0.25) is 4.57 Å². The Morgan fingerprint density at radius 2 is 1.83 bits per heavy atom. The molecule has 3 rings (SSSR count). The third-order valence-electron chi connectivity index (χ3n) is 3.65. The van der Waals surface area contributed by atoms with Crippen molar-refractivity contribution < 1.29 is 5.11 Å². The van der Waals surface area contributed by atoms with Gasteiger partial charge < -0.3 is 5.11 Å². The van der Waals surface area contributed by atoms with Gasteiger partial charge in [0.1, 0.15) is 12.4 Å². The predicted octanol–water partition coefficient (Wildman–Crippen LogP) is 2.10. The lowest BCUT2D eigenvalue weighted by molar-refractivity contribution is 0.268. The van der Waals surface area contributed by atoms with E-state index >= 15 is 0 Å². The van der Waals surface area contributed by atoms with Crippen LogP contribution in [0.3, 0.4) is 0 Å². The Bertz CT molecular complexity index is 517. The standard InChI is InChI=1S/C14H17N3O/c18-10-14-16-15-13(9-11-5-4-6-11)17(14)12-7-2-1-3-8-12/h1-3,7-8,11,18H,4-6,9-10H2. The Morgan fingerprint density at radius 1 is 1.11 bits per heavy atom. The molecular formula is C14H17N3O. The molecule has 0 atom stereocenters. The molecular weight excluding hydrogens is 226 g/mol. The average molecular weight is 243 g/mol. The summed E-state index contributed by atoms with van der Waals surface area (Å²) in [4.78, 5) is 0. The smallest absolute Gasteiger partial charge is 0.163 e. The van der Waals surface area contributed by atoms with Crippen LogP contribution in [0.5, 0.6) is 0 Å². The van der Waals surface area contributed by atoms with E-state index in [9.17, 15) is 5.11 Å². The first kappa shape index (κ1) is 11.4. The summed E-state index contributed by atoms with van der Waals surface area (Å²) in [6.45, 7) is -0.0768. The second-order valence-electron chi connectivity index (χ2n) is 4.86. The number of benzene rings is 1. The van der Waals surface area contributed by atoms with Crippen LogP contribution in [0.1, 0.15) is 30.9 Å². The summed E-state index contributed by atoms with van der Waals surface area (Å²) in [5.41, 5.74) is 1.03. The minimum atomic E-state index is -0.0768. The van der Waals surface area contributed by atoms with Gasteiger partial charge in [0.25, 0.3) is 0 Å². The molecule has 18 heavy (non-hydrogen) atoms. The van der Waals surface area contributed by atoms with E-state index in [0.717, 1.165) is 23.9 Å². The Kier molecular flexibility index (Phi) is 3.11. The number of hydrogen-bond acceptors (Lipinski definition) is 3. The summed E-state index contributed by atoms with van der Waals surface area (Å²) < 4.78 is 1.98. The lowest BCUT2D eigenvalue weighted by Crippen LogP contribution is -2.17. The molecule has 4 heteroatoms. The third kappa shape index (κ3) is 2.04. The molecule has 1 aliphatic rings. The summed E-state index contributed by atoms with van der Waals surface area (Å²) in [6.07, 6.45) is 4.87. The molecule has 1 aliphatic carbocycles. The van der Waals surface area contributed by atoms with Gasteiger partial charge in [-0.15, -0.1) is 10.2 Å². The number of nitrogens with zero attached hydrogens (tertiary/aromatic N) is 3. The normalized spacial score (nSPS) is 15.6. The van der Waals surface area contributed by atoms with Crippen molar-refractivity contribution in [3.8, 4) is 5.69 Å². The highest BCUT2D eigenvalue weighted by atomic mass is 16.3. The zero-order valence-corrected chi connectivity index (χ0v) is 10.3. The van der Waals surface area contributed by atoms with Crippen molar-refractivity contribution in [2.45, 2.75) is 32.3 Å². The summed E-state index contributed by atoms with van der Waals surface area (Å²) in [7, 11) is 0. The zero-order valence-electron chi connectivity index (χ0n) is 10.3. The highest BCUT2D eigenvalue weighted by molar-refractivity contribution is 5.34. The maximum Gasteiger partial charge on any atom is 0.163 e. The minimum Gasteiger partial charge on any atom is -0.388 e. The SMILES string of the molecule is OCc1nnc(CC2CCC2)n1-c1ccccc1. The highest BCUT2D eigenvalue weighted by Crippen LogP contribution is 2.30. The number of rotatable bonds is 4. The molecule has 2 aromatic rings. The Hall–Kier alpha value is -1.68. The van der Waals surface area contributed by atoms with Crippen LogP contribution in [-0.2, 0) is 13.0 Å². The summed E-state index contributed by atoms with van der Waals surface area (Å²) in [5, 5.41) is 17.7. The van der Waals surface area contributed by atoms with Gasteiger partial charge in [0.2, 0.25) is 0 Å². The highest BCUT2D eigenvalue weighted by Gasteiger charge is 2.22. The summed E-state index contributed by atoms with van der Waals surface area (Å²) in [5.74, 6) is 2.33. The van der Waals surface area contributed by atoms with Crippen LogP contribution in [0.25, 0.3) is 5.69 Å². The first-order chi connectivity index (χ1) is 8.88. The fourth-order valence-electron chi connectivity index (χ4n) is 2.42. The molecule has 1 fully saturated rings. The first-order valence-corrected chi connectivity index (χ1v) is 6.48. The second-order valence-corrected chi connectivity index (χ2v) is 4.86. The molecule has 4 nitrogen and oxygen atoms in total. The molecule has 0 unspecified atom stereocenters. The Labute approximate surface area is 106 Å². The molecule has 0 saturated heterocycles. The molecule has 94 valence electrons. The van der Waals surface area contributed by atoms with Crippen molar-refractivity contribution in [2.24, 2.45) is 5.92 Å². The van der Waals surface area contributed by atoms with Gasteiger partial charge in [0.15, 0.2) is 5.82 Å². The van der Waals surface area contributed by atoms with Gasteiger partial charge in [-0.2, -0.15) is 0 Å². The Balaban J connectivity index is 1.96. The number of aliphatic hydroxyl groups excluding tert-OH is 1. The largest absolute Gasteiger partial charge is 0.388 e. The maximum absolute atomic E-state index is 9.38. The van der Waals surface area contributed by atoms with Crippen molar-refractivity contribution in [2.75, 3.05) is 0 Å². The van der Waals surface area contributed by atoms with Crippen LogP contribution in [-0.4, -0.2) is 19.9 Å². The molecule has 0 radical (unpaired) electrons. The van der Waals surface area contributed by atoms with Crippen molar-refractivity contribution in [1.82, 2.24) is 14.8 Å². The van der Waals surface area contributed by atoms with Gasteiger partial charge in [-0.05, 0) is 18.1 Å². The van der Waals surface area contributed by atoms with E-state index in [-0.39, 0.29) is 6.61 Å². The van der Waals surface area contributed by atoms with Gasteiger partial charge in [0, 0.05) is 12.1 Å². The molecule has 1 saturated carbocycles.